The molecule has 0 heterocycles. The first kappa shape index (κ1) is 31.4. The van der Waals surface area contributed by atoms with Crippen LogP contribution in [0.1, 0.15) is 60.5 Å². The average Bonchev–Trinajstić information content (AvgIpc) is 2.80. The lowest BCUT2D eigenvalue weighted by molar-refractivity contribution is -0.153. The van der Waals surface area contributed by atoms with Gasteiger partial charge in [-0.25, -0.2) is 0 Å². The zero-order valence-electron chi connectivity index (χ0n) is 23.7. The lowest BCUT2D eigenvalue weighted by Crippen LogP contribution is -2.54. The standard InChI is InChI=1S/C28H49NO5Si/c1-12-13-26(34-35(20(2)3,21(4)5)22(6)7)27(33-23(8)28(30)29(9)10)19-32-18-24-14-16-25(31-11)17-15-24/h12,14-17,20-23,26-27H,1,13,18-19H2,2-11H3/t23?,26-,27-/m0/s1. The third kappa shape index (κ3) is 8.74. The van der Waals surface area contributed by atoms with E-state index in [1.54, 1.807) is 33.0 Å². The Labute approximate surface area is 215 Å². The maximum absolute atomic E-state index is 12.6. The van der Waals surface area contributed by atoms with Crippen LogP contribution in [0.3, 0.4) is 0 Å². The van der Waals surface area contributed by atoms with E-state index < -0.39 is 20.5 Å². The largest absolute Gasteiger partial charge is 0.497 e. The van der Waals surface area contributed by atoms with Crippen LogP contribution in [-0.2, 0) is 25.3 Å². The first-order chi connectivity index (χ1) is 16.4. The fourth-order valence-corrected chi connectivity index (χ4v) is 10.6. The van der Waals surface area contributed by atoms with Crippen molar-refractivity contribution in [3.05, 3.63) is 42.5 Å². The molecule has 0 aliphatic carbocycles. The summed E-state index contributed by atoms with van der Waals surface area (Å²) in [5, 5.41) is 0. The molecule has 0 aliphatic rings. The Hall–Kier alpha value is -1.67. The predicted octanol–water partition coefficient (Wildman–Crippen LogP) is 6.21. The van der Waals surface area contributed by atoms with Gasteiger partial charge in [-0.2, -0.15) is 0 Å². The summed E-state index contributed by atoms with van der Waals surface area (Å²) in [5.41, 5.74) is 2.32. The van der Waals surface area contributed by atoms with Crippen molar-refractivity contribution in [3.8, 4) is 5.75 Å². The van der Waals surface area contributed by atoms with Crippen molar-refractivity contribution in [3.63, 3.8) is 0 Å². The van der Waals surface area contributed by atoms with Crippen molar-refractivity contribution >= 4 is 14.2 Å². The maximum Gasteiger partial charge on any atom is 0.250 e. The zero-order valence-corrected chi connectivity index (χ0v) is 24.7. The molecule has 0 radical (unpaired) electrons. The molecule has 0 aromatic heterocycles. The van der Waals surface area contributed by atoms with Gasteiger partial charge in [0.05, 0.1) is 26.4 Å². The lowest BCUT2D eigenvalue weighted by Gasteiger charge is -2.46. The number of carbonyl (C=O) groups excluding carboxylic acids is 1. The molecule has 1 aromatic carbocycles. The molecular formula is C28H49NO5Si. The van der Waals surface area contributed by atoms with E-state index in [4.69, 9.17) is 18.6 Å². The molecule has 0 spiro atoms. The minimum absolute atomic E-state index is 0.0809. The van der Waals surface area contributed by atoms with Crippen LogP contribution in [0.15, 0.2) is 36.9 Å². The number of carbonyl (C=O) groups is 1. The Morgan fingerprint density at radius 1 is 0.971 bits per heavy atom. The second kappa shape index (κ2) is 14.8. The van der Waals surface area contributed by atoms with Crippen LogP contribution in [0.25, 0.3) is 0 Å². The summed E-state index contributed by atoms with van der Waals surface area (Å²) in [5.74, 6) is 0.727. The van der Waals surface area contributed by atoms with Crippen LogP contribution < -0.4 is 4.74 Å². The topological polar surface area (TPSA) is 57.2 Å². The van der Waals surface area contributed by atoms with Gasteiger partial charge in [-0.3, -0.25) is 4.79 Å². The number of ether oxygens (including phenoxy) is 3. The van der Waals surface area contributed by atoms with Gasteiger partial charge in [0.25, 0.3) is 5.91 Å². The number of rotatable bonds is 16. The molecule has 1 amide bonds. The van der Waals surface area contributed by atoms with Crippen LogP contribution in [0, 0.1) is 0 Å². The van der Waals surface area contributed by atoms with E-state index in [2.05, 4.69) is 48.1 Å². The second-order valence-corrected chi connectivity index (χ2v) is 15.8. The smallest absolute Gasteiger partial charge is 0.250 e. The Bertz CT molecular complexity index is 741. The SMILES string of the molecule is C=CC[C@H](O[Si](C(C)C)(C(C)C)C(C)C)[C@H](COCc1ccc(OC)cc1)OC(C)C(=O)N(C)C. The summed E-state index contributed by atoms with van der Waals surface area (Å²) in [7, 11) is 2.93. The van der Waals surface area contributed by atoms with Crippen molar-refractivity contribution in [1.29, 1.82) is 0 Å². The van der Waals surface area contributed by atoms with Crippen molar-refractivity contribution in [1.82, 2.24) is 4.90 Å². The molecule has 7 heteroatoms. The summed E-state index contributed by atoms with van der Waals surface area (Å²) >= 11 is 0. The third-order valence-corrected chi connectivity index (χ3v) is 12.9. The zero-order chi connectivity index (χ0) is 26.8. The minimum Gasteiger partial charge on any atom is -0.497 e. The van der Waals surface area contributed by atoms with Crippen LogP contribution >= 0.6 is 0 Å². The van der Waals surface area contributed by atoms with Gasteiger partial charge in [0.1, 0.15) is 18.0 Å². The van der Waals surface area contributed by atoms with Gasteiger partial charge in [-0.1, -0.05) is 59.8 Å². The van der Waals surface area contributed by atoms with Gasteiger partial charge in [-0.05, 0) is 47.7 Å². The molecule has 1 unspecified atom stereocenters. The van der Waals surface area contributed by atoms with E-state index in [9.17, 15) is 4.79 Å². The van der Waals surface area contributed by atoms with Crippen molar-refractivity contribution in [2.45, 2.75) is 96.4 Å². The fraction of sp³-hybridized carbons (Fsp3) is 0.679. The van der Waals surface area contributed by atoms with E-state index in [0.717, 1.165) is 11.3 Å². The van der Waals surface area contributed by atoms with Crippen molar-refractivity contribution in [2.24, 2.45) is 0 Å². The first-order valence-electron chi connectivity index (χ1n) is 12.8. The summed E-state index contributed by atoms with van der Waals surface area (Å²) in [4.78, 5) is 14.2. The van der Waals surface area contributed by atoms with E-state index in [1.807, 2.05) is 30.3 Å². The Kier molecular flexibility index (Phi) is 13.2. The molecule has 3 atom stereocenters. The molecule has 0 saturated heterocycles. The number of hydrogen-bond donors (Lipinski definition) is 0. The third-order valence-electron chi connectivity index (χ3n) is 6.75. The normalized spacial score (nSPS) is 14.8. The number of likely N-dealkylation sites (N-methyl/N-ethyl adjacent to an activating group) is 1. The molecule has 0 fully saturated rings. The molecule has 1 aromatic rings. The number of methoxy groups -OCH3 is 1. The molecule has 0 N–H and O–H groups in total. The van der Waals surface area contributed by atoms with Gasteiger partial charge in [0.2, 0.25) is 8.32 Å². The van der Waals surface area contributed by atoms with E-state index >= 15 is 0 Å². The van der Waals surface area contributed by atoms with Crippen molar-refractivity contribution in [2.75, 3.05) is 27.8 Å². The second-order valence-electron chi connectivity index (χ2n) is 10.4. The first-order valence-corrected chi connectivity index (χ1v) is 14.9. The van der Waals surface area contributed by atoms with Crippen LogP contribution in [0.5, 0.6) is 5.75 Å². The van der Waals surface area contributed by atoms with Gasteiger partial charge < -0.3 is 23.5 Å². The molecule has 35 heavy (non-hydrogen) atoms. The molecular weight excluding hydrogens is 458 g/mol. The number of hydrogen-bond acceptors (Lipinski definition) is 5. The highest BCUT2D eigenvalue weighted by molar-refractivity contribution is 6.77. The van der Waals surface area contributed by atoms with Gasteiger partial charge >= 0.3 is 0 Å². The Morgan fingerprint density at radius 3 is 1.94 bits per heavy atom. The molecule has 0 bridgehead atoms. The maximum atomic E-state index is 12.6. The monoisotopic (exact) mass is 507 g/mol. The number of benzene rings is 1. The quantitative estimate of drug-likeness (QED) is 0.197. The summed E-state index contributed by atoms with van der Waals surface area (Å²) in [6, 6.07) is 7.81. The van der Waals surface area contributed by atoms with Gasteiger partial charge in [0.15, 0.2) is 0 Å². The fourth-order valence-electron chi connectivity index (χ4n) is 5.04. The van der Waals surface area contributed by atoms with Gasteiger partial charge in [-0.15, -0.1) is 6.58 Å². The molecule has 1 rings (SSSR count). The molecule has 0 aliphatic heterocycles. The summed E-state index contributed by atoms with van der Waals surface area (Å²) in [6.07, 6.45) is 1.24. The van der Waals surface area contributed by atoms with Crippen LogP contribution in [0.4, 0.5) is 0 Å². The molecule has 200 valence electrons. The predicted molar refractivity (Wildman–Crippen MR) is 146 cm³/mol. The highest BCUT2D eigenvalue weighted by Gasteiger charge is 2.47. The highest BCUT2D eigenvalue weighted by atomic mass is 28.4. The summed E-state index contributed by atoms with van der Waals surface area (Å²) < 4.78 is 24.9. The van der Waals surface area contributed by atoms with E-state index in [-0.39, 0.29) is 12.0 Å². The Balaban J connectivity index is 3.20. The van der Waals surface area contributed by atoms with E-state index in [0.29, 0.717) is 36.3 Å². The highest BCUT2D eigenvalue weighted by Crippen LogP contribution is 2.44. The molecule has 6 nitrogen and oxygen atoms in total. The van der Waals surface area contributed by atoms with Gasteiger partial charge in [0, 0.05) is 14.1 Å². The lowest BCUT2D eigenvalue weighted by atomic mass is 10.1. The molecule has 0 saturated carbocycles. The van der Waals surface area contributed by atoms with Crippen LogP contribution in [0.2, 0.25) is 16.6 Å². The van der Waals surface area contributed by atoms with Crippen molar-refractivity contribution < 1.29 is 23.4 Å². The average molecular weight is 508 g/mol. The van der Waals surface area contributed by atoms with Crippen LogP contribution in [-0.4, -0.2) is 65.2 Å². The summed E-state index contributed by atoms with van der Waals surface area (Å²) in [6.45, 7) is 20.1. The number of amides is 1. The minimum atomic E-state index is -2.20. The van der Waals surface area contributed by atoms with E-state index in [1.165, 1.54) is 0 Å². The number of nitrogens with zero attached hydrogens (tertiary/aromatic N) is 1. The Morgan fingerprint density at radius 2 is 1.51 bits per heavy atom.